The molecular formula is C6H4AgN3O4S. The monoisotopic (exact) mass is 321 g/mol. The summed E-state index contributed by atoms with van der Waals surface area (Å²) in [5.74, 6) is -0.625. The summed E-state index contributed by atoms with van der Waals surface area (Å²) in [6.45, 7) is 0. The van der Waals surface area contributed by atoms with Crippen molar-refractivity contribution in [3.63, 3.8) is 0 Å². The maximum atomic E-state index is 10.8. The second kappa shape index (κ2) is 3.29. The average Bonchev–Trinajstić information content (AvgIpc) is 2.47. The Kier molecular flexibility index (Phi) is 2.32. The molecule has 84 valence electrons. The third-order valence-corrected chi connectivity index (χ3v) is 3.14. The van der Waals surface area contributed by atoms with Crippen LogP contribution in [0, 0.1) is 0 Å². The van der Waals surface area contributed by atoms with Crippen molar-refractivity contribution >= 4 is 21.2 Å². The summed E-state index contributed by atoms with van der Waals surface area (Å²) in [6.07, 6.45) is 0. The third kappa shape index (κ3) is 1.66. The third-order valence-electron chi connectivity index (χ3n) is 1.77. The van der Waals surface area contributed by atoms with Crippen molar-refractivity contribution in [2.24, 2.45) is 0 Å². The van der Waals surface area contributed by atoms with Gasteiger partial charge in [-0.1, -0.05) is 0 Å². The summed E-state index contributed by atoms with van der Waals surface area (Å²) in [5.41, 5.74) is 0.375. The number of benzene rings is 1. The van der Waals surface area contributed by atoms with Crippen molar-refractivity contribution in [2.75, 3.05) is 0 Å². The van der Waals surface area contributed by atoms with Gasteiger partial charge in [0.2, 0.25) is 0 Å². The fourth-order valence-electron chi connectivity index (χ4n) is 1.12. The normalized spacial score (nSPS) is 12.2. The Bertz CT molecular complexity index is 635. The summed E-state index contributed by atoms with van der Waals surface area (Å²) in [6, 6.07) is 2.42. The SMILES string of the molecule is O=S(=O)(O)c1ccc2c(nn[n]2[Ag])c1O. The van der Waals surface area contributed by atoms with Gasteiger partial charge in [-0.05, 0) is 0 Å². The molecule has 0 amide bonds. The molecule has 0 saturated carbocycles. The summed E-state index contributed by atoms with van der Waals surface area (Å²) in [4.78, 5) is -0.595. The van der Waals surface area contributed by atoms with E-state index in [1.54, 1.807) is 0 Å². The molecule has 2 N–H and O–H groups in total. The second-order valence-electron chi connectivity index (χ2n) is 2.67. The summed E-state index contributed by atoms with van der Waals surface area (Å²) >= 11 is 3.01. The van der Waals surface area contributed by atoms with E-state index in [1.807, 2.05) is 0 Å². The predicted octanol–water partition coefficient (Wildman–Crippen LogP) is -0.306. The Labute approximate surface area is 96.7 Å². The maximum absolute atomic E-state index is 10.8. The van der Waals surface area contributed by atoms with Gasteiger partial charge < -0.3 is 0 Å². The average molecular weight is 322 g/mol. The Hall–Kier alpha value is -0.930. The molecule has 0 bridgehead atoms. The van der Waals surface area contributed by atoms with E-state index in [9.17, 15) is 13.5 Å². The molecule has 15 heavy (non-hydrogen) atoms. The zero-order valence-corrected chi connectivity index (χ0v) is 9.22. The van der Waals surface area contributed by atoms with Crippen molar-refractivity contribution in [1.82, 2.24) is 13.4 Å². The van der Waals surface area contributed by atoms with Crippen molar-refractivity contribution in [2.45, 2.75) is 4.90 Å². The van der Waals surface area contributed by atoms with E-state index in [1.165, 1.54) is 9.15 Å². The summed E-state index contributed by atoms with van der Waals surface area (Å²) < 4.78 is 31.6. The van der Waals surface area contributed by atoms with E-state index in [0.717, 1.165) is 6.07 Å². The number of hydrogen-bond acceptors (Lipinski definition) is 5. The van der Waals surface area contributed by atoms with Crippen molar-refractivity contribution < 1.29 is 39.4 Å². The number of phenolic OH excluding ortho intramolecular Hbond substituents is 1. The van der Waals surface area contributed by atoms with Crippen LogP contribution in [0.25, 0.3) is 11.0 Å². The van der Waals surface area contributed by atoms with Crippen LogP contribution >= 0.6 is 0 Å². The van der Waals surface area contributed by atoms with Crippen LogP contribution in [0.2, 0.25) is 0 Å². The van der Waals surface area contributed by atoms with E-state index in [0.29, 0.717) is 5.52 Å². The van der Waals surface area contributed by atoms with Crippen LogP contribution in [0.3, 0.4) is 0 Å². The van der Waals surface area contributed by atoms with Crippen LogP contribution in [-0.4, -0.2) is 31.5 Å². The Morgan fingerprint density at radius 1 is 1.40 bits per heavy atom. The molecule has 0 aliphatic heterocycles. The molecule has 0 atom stereocenters. The number of aromatic nitrogens is 3. The molecule has 0 spiro atoms. The van der Waals surface area contributed by atoms with E-state index in [4.69, 9.17) is 4.55 Å². The molecule has 0 aliphatic carbocycles. The van der Waals surface area contributed by atoms with Gasteiger partial charge in [-0.25, -0.2) is 0 Å². The number of hydrogen-bond donors (Lipinski definition) is 2. The van der Waals surface area contributed by atoms with Gasteiger partial charge in [-0.15, -0.1) is 0 Å². The first-order valence-electron chi connectivity index (χ1n) is 3.59. The van der Waals surface area contributed by atoms with Gasteiger partial charge in [-0.3, -0.25) is 0 Å². The van der Waals surface area contributed by atoms with Crippen molar-refractivity contribution in [1.29, 1.82) is 0 Å². The Morgan fingerprint density at radius 3 is 2.67 bits per heavy atom. The van der Waals surface area contributed by atoms with Crippen LogP contribution in [0.1, 0.15) is 0 Å². The molecule has 9 heteroatoms. The van der Waals surface area contributed by atoms with Gasteiger partial charge in [0.1, 0.15) is 0 Å². The van der Waals surface area contributed by atoms with Crippen LogP contribution < -0.4 is 0 Å². The molecule has 0 unspecified atom stereocenters. The number of rotatable bonds is 1. The molecule has 0 fully saturated rings. The molecule has 1 heterocycles. The number of fused-ring (bicyclic) bond motifs is 1. The van der Waals surface area contributed by atoms with Crippen LogP contribution in [0.15, 0.2) is 17.0 Å². The van der Waals surface area contributed by atoms with Crippen LogP contribution in [0.5, 0.6) is 5.75 Å². The van der Waals surface area contributed by atoms with Gasteiger partial charge in [0, 0.05) is 0 Å². The second-order valence-corrected chi connectivity index (χ2v) is 4.69. The van der Waals surface area contributed by atoms with Crippen molar-refractivity contribution in [3.05, 3.63) is 12.1 Å². The van der Waals surface area contributed by atoms with E-state index in [-0.39, 0.29) is 5.52 Å². The molecule has 7 nitrogen and oxygen atoms in total. The first kappa shape index (κ1) is 10.6. The molecule has 2 rings (SSSR count). The van der Waals surface area contributed by atoms with Gasteiger partial charge in [0.05, 0.1) is 0 Å². The van der Waals surface area contributed by atoms with Gasteiger partial charge in [-0.2, -0.15) is 0 Å². The fraction of sp³-hybridized carbons (Fsp3) is 0. The summed E-state index contributed by atoms with van der Waals surface area (Å²) in [7, 11) is -4.46. The molecule has 0 saturated heterocycles. The van der Waals surface area contributed by atoms with Gasteiger partial charge in [0.25, 0.3) is 0 Å². The quantitative estimate of drug-likeness (QED) is 0.551. The Balaban J connectivity index is 2.89. The van der Waals surface area contributed by atoms with E-state index >= 15 is 0 Å². The zero-order valence-electron chi connectivity index (χ0n) is 6.92. The Morgan fingerprint density at radius 2 is 2.07 bits per heavy atom. The number of aromatic hydroxyl groups is 1. The molecular weight excluding hydrogens is 318 g/mol. The zero-order chi connectivity index (χ0) is 11.2. The molecule has 0 radical (unpaired) electrons. The van der Waals surface area contributed by atoms with E-state index in [2.05, 4.69) is 31.6 Å². The molecule has 1 aromatic carbocycles. The molecule has 2 aromatic rings. The van der Waals surface area contributed by atoms with Gasteiger partial charge >= 0.3 is 96.7 Å². The molecule has 0 aliphatic rings. The topological polar surface area (TPSA) is 105 Å². The van der Waals surface area contributed by atoms with Crippen molar-refractivity contribution in [3.8, 4) is 5.75 Å². The first-order valence-corrected chi connectivity index (χ1v) is 5.69. The number of nitrogens with zero attached hydrogens (tertiary/aromatic N) is 3. The van der Waals surface area contributed by atoms with Crippen LogP contribution in [-0.2, 0) is 31.4 Å². The summed E-state index contributed by atoms with van der Waals surface area (Å²) in [5, 5.41) is 16.6. The minimum atomic E-state index is -4.46. The standard InChI is InChI=1S/C6H4N3O4S.Ag/c10-6-4(14(11,12)13)2-1-3-5(6)8-9-7-3;/h1-2H,(H2-,7,8,9,10,11,12,13);/q-1;+1. The van der Waals surface area contributed by atoms with Crippen LogP contribution in [0.4, 0.5) is 0 Å². The first-order chi connectivity index (χ1) is 6.91. The van der Waals surface area contributed by atoms with E-state index < -0.39 is 20.8 Å². The predicted molar refractivity (Wildman–Crippen MR) is 44.4 cm³/mol. The number of phenols is 1. The molecule has 1 aromatic heterocycles. The minimum absolute atomic E-state index is 0.0127. The van der Waals surface area contributed by atoms with Gasteiger partial charge in [0.15, 0.2) is 0 Å². The fourth-order valence-corrected chi connectivity index (χ4v) is 2.04.